The van der Waals surface area contributed by atoms with Crippen LogP contribution in [0.3, 0.4) is 0 Å². The Morgan fingerprint density at radius 1 is 0.429 bits per heavy atom. The molecule has 0 fully saturated rings. The van der Waals surface area contributed by atoms with Gasteiger partial charge in [-0.15, -0.1) is 0 Å². The van der Waals surface area contributed by atoms with Gasteiger partial charge in [-0.3, -0.25) is 0 Å². The van der Waals surface area contributed by atoms with Crippen LogP contribution in [0.2, 0.25) is 0 Å². The molecule has 0 radical (unpaired) electrons. The molecule has 0 spiro atoms. The lowest BCUT2D eigenvalue weighted by Gasteiger charge is -1.92. The van der Waals surface area contributed by atoms with Crippen molar-refractivity contribution in [2.75, 3.05) is 0 Å². The van der Waals surface area contributed by atoms with Crippen LogP contribution in [0.25, 0.3) is 33.0 Å². The van der Waals surface area contributed by atoms with E-state index in [1.165, 1.54) is 23.6 Å². The van der Waals surface area contributed by atoms with Crippen LogP contribution in [0.1, 0.15) is 0 Å². The van der Waals surface area contributed by atoms with Crippen LogP contribution >= 0.6 is 0 Å². The molecule has 6 rings (SSSR count). The van der Waals surface area contributed by atoms with Crippen molar-refractivity contribution in [3.05, 3.63) is 110 Å². The summed E-state index contributed by atoms with van der Waals surface area (Å²) in [6.07, 6.45) is 2.90. The highest BCUT2D eigenvalue weighted by atomic mass is 16.3. The molecule has 2 heterocycles. The first-order chi connectivity index (χ1) is 13.9. The molecule has 2 aromatic heterocycles. The van der Waals surface area contributed by atoms with Gasteiger partial charge in [0.2, 0.25) is 0 Å². The molecule has 4 aromatic carbocycles. The summed E-state index contributed by atoms with van der Waals surface area (Å²) in [5, 5.41) is 2.62. The smallest absolute Gasteiger partial charge is 0.181 e. The van der Waals surface area contributed by atoms with Crippen molar-refractivity contribution in [1.29, 1.82) is 0 Å². The Labute approximate surface area is 162 Å². The maximum absolute atomic E-state index is 5.01. The van der Waals surface area contributed by atoms with E-state index in [0.717, 1.165) is 22.2 Å². The van der Waals surface area contributed by atoms with Crippen molar-refractivity contribution in [2.45, 2.75) is 0 Å². The fraction of sp³-hybridized carbons (Fsp3) is 0. The molecule has 0 aliphatic rings. The van der Waals surface area contributed by atoms with E-state index in [-0.39, 0.29) is 0 Å². The SMILES string of the molecule is c1ccc2ccccc2c1.c1ccc2ocnc2c1.c1ccc2ocnc2c1. The topological polar surface area (TPSA) is 52.1 Å². The van der Waals surface area contributed by atoms with Crippen LogP contribution in [-0.4, -0.2) is 9.97 Å². The van der Waals surface area contributed by atoms with Crippen molar-refractivity contribution in [2.24, 2.45) is 0 Å². The first-order valence-corrected chi connectivity index (χ1v) is 8.90. The van der Waals surface area contributed by atoms with E-state index in [0.29, 0.717) is 0 Å². The second kappa shape index (κ2) is 8.64. The summed E-state index contributed by atoms with van der Waals surface area (Å²) < 4.78 is 10.0. The van der Waals surface area contributed by atoms with Crippen LogP contribution in [0.15, 0.2) is 119 Å². The van der Waals surface area contributed by atoms with E-state index in [1.807, 2.05) is 48.5 Å². The average molecular weight is 366 g/mol. The summed E-state index contributed by atoms with van der Waals surface area (Å²) in [7, 11) is 0. The number of para-hydroxylation sites is 4. The molecule has 0 saturated heterocycles. The Kier molecular flexibility index (Phi) is 5.40. The molecule has 0 amide bonds. The van der Waals surface area contributed by atoms with E-state index in [2.05, 4.69) is 58.5 Å². The molecule has 136 valence electrons. The Bertz CT molecular complexity index is 1100. The average Bonchev–Trinajstić information content (AvgIpc) is 3.44. The van der Waals surface area contributed by atoms with Gasteiger partial charge in [-0.25, -0.2) is 9.97 Å². The molecule has 0 saturated carbocycles. The fourth-order valence-corrected chi connectivity index (χ4v) is 2.74. The number of hydrogen-bond acceptors (Lipinski definition) is 4. The Balaban J connectivity index is 0.000000103. The molecule has 4 nitrogen and oxygen atoms in total. The Hall–Kier alpha value is -3.92. The molecule has 0 atom stereocenters. The standard InChI is InChI=1S/C10H8.2C7H5NO/c1-2-6-10-8-4-3-7-9(10)5-1;2*1-2-4-7-6(3-1)8-5-9-7/h1-8H;2*1-5H. The van der Waals surface area contributed by atoms with Crippen molar-refractivity contribution >= 4 is 33.0 Å². The minimum absolute atomic E-state index is 0.845. The Morgan fingerprint density at radius 3 is 1.18 bits per heavy atom. The van der Waals surface area contributed by atoms with Crippen molar-refractivity contribution in [1.82, 2.24) is 9.97 Å². The van der Waals surface area contributed by atoms with E-state index < -0.39 is 0 Å². The van der Waals surface area contributed by atoms with Crippen LogP contribution in [0, 0.1) is 0 Å². The quantitative estimate of drug-likeness (QED) is 0.308. The fourth-order valence-electron chi connectivity index (χ4n) is 2.74. The van der Waals surface area contributed by atoms with Gasteiger partial charge < -0.3 is 8.83 Å². The number of aromatic nitrogens is 2. The van der Waals surface area contributed by atoms with Gasteiger partial charge >= 0.3 is 0 Å². The predicted octanol–water partition coefficient (Wildman–Crippen LogP) is 6.50. The lowest BCUT2D eigenvalue weighted by atomic mass is 10.1. The van der Waals surface area contributed by atoms with Gasteiger partial charge in [-0.1, -0.05) is 72.8 Å². The van der Waals surface area contributed by atoms with Crippen LogP contribution < -0.4 is 0 Å². The number of rotatable bonds is 0. The van der Waals surface area contributed by atoms with Crippen molar-refractivity contribution < 1.29 is 8.83 Å². The first-order valence-electron chi connectivity index (χ1n) is 8.90. The highest BCUT2D eigenvalue weighted by Gasteiger charge is 1.92. The largest absolute Gasteiger partial charge is 0.443 e. The molecule has 0 aliphatic carbocycles. The summed E-state index contributed by atoms with van der Waals surface area (Å²) in [5.74, 6) is 0. The zero-order valence-electron chi connectivity index (χ0n) is 15.1. The molecule has 28 heavy (non-hydrogen) atoms. The third-order valence-electron chi connectivity index (χ3n) is 4.13. The van der Waals surface area contributed by atoms with Crippen molar-refractivity contribution in [3.8, 4) is 0 Å². The molecule has 0 unspecified atom stereocenters. The summed E-state index contributed by atoms with van der Waals surface area (Å²) in [6, 6.07) is 32.0. The third-order valence-corrected chi connectivity index (χ3v) is 4.13. The van der Waals surface area contributed by atoms with Crippen molar-refractivity contribution in [3.63, 3.8) is 0 Å². The highest BCUT2D eigenvalue weighted by molar-refractivity contribution is 5.82. The molecule has 4 heteroatoms. The molecule has 6 aromatic rings. The summed E-state index contributed by atoms with van der Waals surface area (Å²) in [4.78, 5) is 7.90. The zero-order chi connectivity index (χ0) is 19.0. The number of benzene rings is 4. The predicted molar refractivity (Wildman–Crippen MR) is 112 cm³/mol. The first kappa shape index (κ1) is 17.5. The van der Waals surface area contributed by atoms with Gasteiger partial charge in [0.25, 0.3) is 0 Å². The lowest BCUT2D eigenvalue weighted by Crippen LogP contribution is -1.67. The maximum atomic E-state index is 5.01. The summed E-state index contributed by atoms with van der Waals surface area (Å²) in [5.41, 5.74) is 3.52. The van der Waals surface area contributed by atoms with E-state index in [9.17, 15) is 0 Å². The normalized spacial score (nSPS) is 10.1. The third kappa shape index (κ3) is 4.24. The molecule has 0 aliphatic heterocycles. The van der Waals surface area contributed by atoms with Gasteiger partial charge in [-0.05, 0) is 35.0 Å². The van der Waals surface area contributed by atoms with Crippen LogP contribution in [0.5, 0.6) is 0 Å². The summed E-state index contributed by atoms with van der Waals surface area (Å²) in [6.45, 7) is 0. The minimum Gasteiger partial charge on any atom is -0.443 e. The molecule has 0 bridgehead atoms. The second-order valence-corrected chi connectivity index (χ2v) is 5.99. The van der Waals surface area contributed by atoms with Gasteiger partial charge in [0, 0.05) is 0 Å². The highest BCUT2D eigenvalue weighted by Crippen LogP contribution is 2.11. The van der Waals surface area contributed by atoms with Gasteiger partial charge in [0.05, 0.1) is 0 Å². The number of fused-ring (bicyclic) bond motifs is 3. The number of nitrogens with zero attached hydrogens (tertiary/aromatic N) is 2. The van der Waals surface area contributed by atoms with E-state index in [1.54, 1.807) is 0 Å². The zero-order valence-corrected chi connectivity index (χ0v) is 15.1. The maximum Gasteiger partial charge on any atom is 0.181 e. The lowest BCUT2D eigenvalue weighted by molar-refractivity contribution is 0.602. The minimum atomic E-state index is 0.845. The Morgan fingerprint density at radius 2 is 0.786 bits per heavy atom. The second-order valence-electron chi connectivity index (χ2n) is 5.99. The van der Waals surface area contributed by atoms with Crippen LogP contribution in [0.4, 0.5) is 0 Å². The number of oxazole rings is 2. The molecular weight excluding hydrogens is 348 g/mol. The van der Waals surface area contributed by atoms with Gasteiger partial charge in [0.15, 0.2) is 24.0 Å². The number of hydrogen-bond donors (Lipinski definition) is 0. The monoisotopic (exact) mass is 366 g/mol. The van der Waals surface area contributed by atoms with Crippen LogP contribution in [-0.2, 0) is 0 Å². The van der Waals surface area contributed by atoms with E-state index in [4.69, 9.17) is 8.83 Å². The van der Waals surface area contributed by atoms with Gasteiger partial charge in [0.1, 0.15) is 11.0 Å². The molecular formula is C24H18N2O2. The van der Waals surface area contributed by atoms with Gasteiger partial charge in [-0.2, -0.15) is 0 Å². The van der Waals surface area contributed by atoms with E-state index >= 15 is 0 Å². The molecule has 0 N–H and O–H groups in total. The summed E-state index contributed by atoms with van der Waals surface area (Å²) >= 11 is 0.